The molecular weight excluding hydrogens is 404 g/mol. The lowest BCUT2D eigenvalue weighted by molar-refractivity contribution is -0.140. The van der Waals surface area contributed by atoms with Crippen molar-refractivity contribution in [1.29, 1.82) is 0 Å². The second-order valence-electron chi connectivity index (χ2n) is 12.2. The van der Waals surface area contributed by atoms with Crippen molar-refractivity contribution in [2.45, 2.75) is 88.4 Å². The van der Waals surface area contributed by atoms with Crippen molar-refractivity contribution in [3.8, 4) is 0 Å². The molecule has 4 aliphatic carbocycles. The first-order valence-electron chi connectivity index (χ1n) is 13.4. The molecule has 1 N–H and O–H groups in total. The summed E-state index contributed by atoms with van der Waals surface area (Å²) < 4.78 is 7.41. The third-order valence-electron chi connectivity index (χ3n) is 11.1. The van der Waals surface area contributed by atoms with Gasteiger partial charge in [-0.05, 0) is 116 Å². The molecular formula is C30H38N2O. The van der Waals surface area contributed by atoms with Crippen LogP contribution in [0, 0.1) is 23.2 Å². The van der Waals surface area contributed by atoms with Crippen molar-refractivity contribution in [1.82, 2.24) is 10.3 Å². The molecule has 3 nitrogen and oxygen atoms in total. The highest BCUT2D eigenvalue weighted by Crippen LogP contribution is 2.69. The first-order chi connectivity index (χ1) is 16.0. The summed E-state index contributed by atoms with van der Waals surface area (Å²) in [5.74, 6) is 2.47. The van der Waals surface area contributed by atoms with Crippen LogP contribution >= 0.6 is 0 Å². The third-order valence-corrected chi connectivity index (χ3v) is 11.1. The van der Waals surface area contributed by atoms with Crippen LogP contribution in [0.25, 0.3) is 6.08 Å². The smallest absolute Gasteiger partial charge is 0.0974 e. The van der Waals surface area contributed by atoms with Gasteiger partial charge in [-0.15, -0.1) is 0 Å². The van der Waals surface area contributed by atoms with Gasteiger partial charge in [-0.3, -0.25) is 4.98 Å². The summed E-state index contributed by atoms with van der Waals surface area (Å²) in [6.07, 6.45) is 24.0. The van der Waals surface area contributed by atoms with E-state index >= 15 is 0 Å². The minimum absolute atomic E-state index is 0.00223. The van der Waals surface area contributed by atoms with Gasteiger partial charge in [0.25, 0.3) is 0 Å². The molecule has 33 heavy (non-hydrogen) atoms. The highest BCUT2D eigenvalue weighted by atomic mass is 16.5. The number of hydrogen-bond acceptors (Lipinski definition) is 3. The number of rotatable bonds is 2. The van der Waals surface area contributed by atoms with Crippen LogP contribution in [-0.2, 0) is 4.74 Å². The van der Waals surface area contributed by atoms with Crippen molar-refractivity contribution < 1.29 is 4.74 Å². The number of ether oxygens (including phenoxy) is 1. The van der Waals surface area contributed by atoms with Gasteiger partial charge in [0.1, 0.15) is 0 Å². The predicted molar refractivity (Wildman–Crippen MR) is 133 cm³/mol. The largest absolute Gasteiger partial charge is 0.359 e. The van der Waals surface area contributed by atoms with Gasteiger partial charge in [-0.2, -0.15) is 0 Å². The number of aromatic nitrogens is 1. The lowest BCUT2D eigenvalue weighted by Crippen LogP contribution is -2.55. The molecule has 2 bridgehead atoms. The first-order valence-corrected chi connectivity index (χ1v) is 13.4. The second-order valence-corrected chi connectivity index (χ2v) is 12.2. The molecule has 5 unspecified atom stereocenters. The van der Waals surface area contributed by atoms with Gasteiger partial charge in [0.05, 0.1) is 11.2 Å². The molecule has 1 aromatic heterocycles. The molecule has 0 radical (unpaired) electrons. The number of nitrogens with one attached hydrogen (secondary N) is 1. The van der Waals surface area contributed by atoms with Crippen molar-refractivity contribution in [2.24, 2.45) is 23.2 Å². The number of allylic oxidation sites excluding steroid dienone is 2. The van der Waals surface area contributed by atoms with Crippen LogP contribution in [0.4, 0.5) is 0 Å². The van der Waals surface area contributed by atoms with E-state index in [0.29, 0.717) is 35.1 Å². The zero-order chi connectivity index (χ0) is 22.4. The Kier molecular flexibility index (Phi) is 4.33. The van der Waals surface area contributed by atoms with Gasteiger partial charge in [0.2, 0.25) is 0 Å². The molecule has 0 aromatic carbocycles. The fourth-order valence-electron chi connectivity index (χ4n) is 9.34. The average molecular weight is 443 g/mol. The van der Waals surface area contributed by atoms with Gasteiger partial charge < -0.3 is 10.1 Å². The summed E-state index contributed by atoms with van der Waals surface area (Å²) in [7, 11) is 2.13. The molecule has 3 heteroatoms. The quantitative estimate of drug-likeness (QED) is 0.593. The molecule has 174 valence electrons. The van der Waals surface area contributed by atoms with E-state index in [1.165, 1.54) is 56.1 Å². The van der Waals surface area contributed by atoms with Crippen molar-refractivity contribution >= 4 is 6.08 Å². The summed E-state index contributed by atoms with van der Waals surface area (Å²) in [4.78, 5) is 4.47. The highest BCUT2D eigenvalue weighted by Gasteiger charge is 2.67. The van der Waals surface area contributed by atoms with Crippen LogP contribution in [-0.4, -0.2) is 29.3 Å². The maximum absolute atomic E-state index is 7.41. The van der Waals surface area contributed by atoms with Crippen molar-refractivity contribution in [3.63, 3.8) is 0 Å². The molecule has 1 aromatic rings. The van der Waals surface area contributed by atoms with E-state index in [1.807, 2.05) is 6.20 Å². The average Bonchev–Trinajstić information content (AvgIpc) is 3.34. The SMILES string of the molecule is CNC1CCC2=CC3=CCC4(C)C(C5C=Cc6ccncc6C5C)CC[C@H]4[C@@]34CC[C@]2(C1)O4. The maximum Gasteiger partial charge on any atom is 0.0974 e. The van der Waals surface area contributed by atoms with Gasteiger partial charge in [-0.1, -0.05) is 38.2 Å². The molecule has 6 aliphatic rings. The van der Waals surface area contributed by atoms with Crippen LogP contribution in [0.2, 0.25) is 0 Å². The van der Waals surface area contributed by atoms with E-state index in [9.17, 15) is 0 Å². The molecule has 2 spiro atoms. The van der Waals surface area contributed by atoms with Crippen LogP contribution in [0.3, 0.4) is 0 Å². The molecule has 3 heterocycles. The van der Waals surface area contributed by atoms with Gasteiger partial charge in [0.15, 0.2) is 0 Å². The Morgan fingerprint density at radius 3 is 2.97 bits per heavy atom. The molecule has 3 fully saturated rings. The van der Waals surface area contributed by atoms with Crippen LogP contribution < -0.4 is 5.32 Å². The number of fused-ring (bicyclic) bond motifs is 2. The van der Waals surface area contributed by atoms with Crippen LogP contribution in [0.15, 0.2) is 47.8 Å². The number of pyridine rings is 1. The van der Waals surface area contributed by atoms with Gasteiger partial charge in [-0.25, -0.2) is 0 Å². The van der Waals surface area contributed by atoms with Gasteiger partial charge in [0, 0.05) is 18.4 Å². The van der Waals surface area contributed by atoms with E-state index in [2.05, 4.69) is 67.8 Å². The predicted octanol–water partition coefficient (Wildman–Crippen LogP) is 6.19. The maximum atomic E-state index is 7.41. The van der Waals surface area contributed by atoms with Crippen LogP contribution in [0.5, 0.6) is 0 Å². The first kappa shape index (κ1) is 20.6. The molecule has 8 atom stereocenters. The molecule has 7 rings (SSSR count). The minimum Gasteiger partial charge on any atom is -0.359 e. The summed E-state index contributed by atoms with van der Waals surface area (Å²) >= 11 is 0. The molecule has 0 amide bonds. The Hall–Kier alpha value is -1.71. The zero-order valence-corrected chi connectivity index (χ0v) is 20.4. The normalized spacial score (nSPS) is 47.2. The Morgan fingerprint density at radius 2 is 2.09 bits per heavy atom. The second kappa shape index (κ2) is 6.92. The van der Waals surface area contributed by atoms with Crippen molar-refractivity contribution in [3.05, 3.63) is 59.0 Å². The van der Waals surface area contributed by atoms with E-state index in [0.717, 1.165) is 6.42 Å². The minimum atomic E-state index is -0.0397. The van der Waals surface area contributed by atoms with Crippen molar-refractivity contribution in [2.75, 3.05) is 7.05 Å². The number of nitrogens with zero attached hydrogens (tertiary/aromatic N) is 1. The summed E-state index contributed by atoms with van der Waals surface area (Å²) in [5, 5.41) is 3.57. The number of hydrogen-bond donors (Lipinski definition) is 1. The topological polar surface area (TPSA) is 34.2 Å². The van der Waals surface area contributed by atoms with E-state index in [1.54, 1.807) is 11.1 Å². The Balaban J connectivity index is 1.25. The summed E-state index contributed by atoms with van der Waals surface area (Å²) in [6.45, 7) is 5.05. The van der Waals surface area contributed by atoms with E-state index < -0.39 is 0 Å². The molecule has 2 aliphatic heterocycles. The van der Waals surface area contributed by atoms with E-state index in [-0.39, 0.29) is 11.2 Å². The fraction of sp³-hybridized carbons (Fsp3) is 0.633. The Labute approximate surface area is 198 Å². The third kappa shape index (κ3) is 2.61. The standard InChI is InChI=1S/C30H38N2O/c1-19-24(7-4-20-11-15-32-18-25(19)20)26-8-9-27-28(26,2)12-10-22-16-21-5-6-23(31-3)17-29(21)13-14-30(22,27)33-29/h4,7,10-11,15-16,18-19,23-24,26-27,31H,5-6,8-9,12-14,17H2,1-3H3/t19?,23?,24?,26?,27-,28?,29-,30-/m1/s1. The lowest BCUT2D eigenvalue weighted by atomic mass is 9.55. The lowest BCUT2D eigenvalue weighted by Gasteiger charge is -2.55. The van der Waals surface area contributed by atoms with E-state index in [4.69, 9.17) is 4.74 Å². The monoisotopic (exact) mass is 442 g/mol. The Bertz CT molecular complexity index is 1090. The highest BCUT2D eigenvalue weighted by molar-refractivity contribution is 5.58. The van der Waals surface area contributed by atoms with Gasteiger partial charge >= 0.3 is 0 Å². The fourth-order valence-corrected chi connectivity index (χ4v) is 9.34. The van der Waals surface area contributed by atoms with Crippen LogP contribution in [0.1, 0.15) is 82.3 Å². The zero-order valence-electron chi connectivity index (χ0n) is 20.4. The summed E-state index contributed by atoms with van der Waals surface area (Å²) in [6, 6.07) is 2.77. The molecule has 1 saturated heterocycles. The Morgan fingerprint density at radius 1 is 1.18 bits per heavy atom. The summed E-state index contributed by atoms with van der Waals surface area (Å²) in [5.41, 5.74) is 6.20. The molecule has 2 saturated carbocycles.